The molecular weight excluding hydrogens is 263 g/mol. The molecule has 3 nitrogen and oxygen atoms in total. The smallest absolute Gasteiger partial charge is 0.123 e. The SMILES string of the molecule is CN(CCCCCO)Cc1ccc(F)cc1C(N)=S. The molecule has 1 rings (SSSR count). The number of nitrogens with zero attached hydrogens (tertiary/aromatic N) is 1. The Kier molecular flexibility index (Phi) is 6.91. The molecule has 0 saturated heterocycles. The first-order valence-corrected chi connectivity index (χ1v) is 6.83. The van der Waals surface area contributed by atoms with Crippen molar-refractivity contribution in [3.63, 3.8) is 0 Å². The summed E-state index contributed by atoms with van der Waals surface area (Å²) in [4.78, 5) is 2.37. The average Bonchev–Trinajstić information content (AvgIpc) is 2.36. The number of hydrogen-bond acceptors (Lipinski definition) is 3. The molecule has 0 radical (unpaired) electrons. The second kappa shape index (κ2) is 8.19. The number of halogens is 1. The molecule has 5 heteroatoms. The number of benzene rings is 1. The lowest BCUT2D eigenvalue weighted by atomic mass is 10.1. The minimum atomic E-state index is -0.322. The van der Waals surface area contributed by atoms with Crippen molar-refractivity contribution in [3.8, 4) is 0 Å². The van der Waals surface area contributed by atoms with Crippen LogP contribution in [0.15, 0.2) is 18.2 Å². The van der Waals surface area contributed by atoms with Gasteiger partial charge in [0.2, 0.25) is 0 Å². The first-order valence-electron chi connectivity index (χ1n) is 6.42. The van der Waals surface area contributed by atoms with Gasteiger partial charge in [-0.3, -0.25) is 0 Å². The van der Waals surface area contributed by atoms with E-state index in [0.29, 0.717) is 12.1 Å². The van der Waals surface area contributed by atoms with Gasteiger partial charge in [-0.15, -0.1) is 0 Å². The maximum atomic E-state index is 13.2. The fourth-order valence-corrected chi connectivity index (χ4v) is 2.15. The Morgan fingerprint density at radius 3 is 2.74 bits per heavy atom. The van der Waals surface area contributed by atoms with E-state index in [-0.39, 0.29) is 17.4 Å². The first-order chi connectivity index (χ1) is 9.04. The molecule has 0 aliphatic heterocycles. The van der Waals surface area contributed by atoms with E-state index in [1.807, 2.05) is 7.05 Å². The van der Waals surface area contributed by atoms with Crippen LogP contribution in [0, 0.1) is 5.82 Å². The van der Waals surface area contributed by atoms with Crippen molar-refractivity contribution < 1.29 is 9.50 Å². The van der Waals surface area contributed by atoms with Gasteiger partial charge in [0.25, 0.3) is 0 Å². The van der Waals surface area contributed by atoms with Crippen LogP contribution >= 0.6 is 12.2 Å². The zero-order chi connectivity index (χ0) is 14.3. The molecule has 0 fully saturated rings. The van der Waals surface area contributed by atoms with Crippen molar-refractivity contribution in [2.75, 3.05) is 20.2 Å². The second-order valence-corrected chi connectivity index (χ2v) is 5.13. The molecule has 3 N–H and O–H groups in total. The highest BCUT2D eigenvalue weighted by atomic mass is 32.1. The van der Waals surface area contributed by atoms with Crippen LogP contribution < -0.4 is 5.73 Å². The van der Waals surface area contributed by atoms with Gasteiger partial charge < -0.3 is 15.7 Å². The summed E-state index contributed by atoms with van der Waals surface area (Å²) in [5, 5.41) is 8.71. The highest BCUT2D eigenvalue weighted by Gasteiger charge is 2.09. The molecule has 106 valence electrons. The maximum absolute atomic E-state index is 13.2. The molecule has 0 atom stereocenters. The number of aliphatic hydroxyl groups is 1. The molecule has 0 bridgehead atoms. The van der Waals surface area contributed by atoms with E-state index in [9.17, 15) is 4.39 Å². The van der Waals surface area contributed by atoms with Crippen LogP contribution in [0.2, 0.25) is 0 Å². The quantitative estimate of drug-likeness (QED) is 0.567. The number of unbranched alkanes of at least 4 members (excludes halogenated alkanes) is 2. The predicted molar refractivity (Wildman–Crippen MR) is 79.6 cm³/mol. The molecular formula is C14H21FN2OS. The van der Waals surface area contributed by atoms with Crippen LogP contribution in [0.4, 0.5) is 4.39 Å². The Balaban J connectivity index is 2.58. The van der Waals surface area contributed by atoms with Gasteiger partial charge in [-0.1, -0.05) is 18.3 Å². The van der Waals surface area contributed by atoms with E-state index in [4.69, 9.17) is 23.1 Å². The Morgan fingerprint density at radius 1 is 1.37 bits per heavy atom. The van der Waals surface area contributed by atoms with Crippen molar-refractivity contribution in [2.24, 2.45) is 5.73 Å². The summed E-state index contributed by atoms with van der Waals surface area (Å²) < 4.78 is 13.2. The number of rotatable bonds is 8. The predicted octanol–water partition coefficient (Wildman–Crippen LogP) is 2.05. The third-order valence-corrected chi connectivity index (χ3v) is 3.20. The lowest BCUT2D eigenvalue weighted by Crippen LogP contribution is -2.22. The number of thiocarbonyl (C=S) groups is 1. The maximum Gasteiger partial charge on any atom is 0.123 e. The third kappa shape index (κ3) is 5.63. The monoisotopic (exact) mass is 284 g/mol. The van der Waals surface area contributed by atoms with Crippen LogP contribution in [0.1, 0.15) is 30.4 Å². The molecule has 1 aromatic rings. The van der Waals surface area contributed by atoms with Crippen LogP contribution in [0.3, 0.4) is 0 Å². The summed E-state index contributed by atoms with van der Waals surface area (Å²) in [5.41, 5.74) is 7.17. The Labute approximate surface area is 119 Å². The van der Waals surface area contributed by atoms with Crippen molar-refractivity contribution in [2.45, 2.75) is 25.8 Å². The fourth-order valence-electron chi connectivity index (χ4n) is 1.96. The zero-order valence-corrected chi connectivity index (χ0v) is 12.0. The van der Waals surface area contributed by atoms with E-state index in [1.165, 1.54) is 12.1 Å². The Bertz CT molecular complexity index is 426. The van der Waals surface area contributed by atoms with E-state index in [1.54, 1.807) is 6.07 Å². The normalized spacial score (nSPS) is 10.9. The number of nitrogens with two attached hydrogens (primary N) is 1. The minimum absolute atomic E-state index is 0.225. The average molecular weight is 284 g/mol. The molecule has 0 heterocycles. The van der Waals surface area contributed by atoms with E-state index < -0.39 is 0 Å². The molecule has 0 aromatic heterocycles. The van der Waals surface area contributed by atoms with Gasteiger partial charge in [0.15, 0.2) is 0 Å². The molecule has 19 heavy (non-hydrogen) atoms. The second-order valence-electron chi connectivity index (χ2n) is 4.69. The topological polar surface area (TPSA) is 49.5 Å². The van der Waals surface area contributed by atoms with E-state index in [0.717, 1.165) is 31.4 Å². The summed E-state index contributed by atoms with van der Waals surface area (Å²) >= 11 is 4.95. The Hall–Kier alpha value is -1.04. The van der Waals surface area contributed by atoms with Crippen LogP contribution in [0.25, 0.3) is 0 Å². The number of aliphatic hydroxyl groups excluding tert-OH is 1. The zero-order valence-electron chi connectivity index (χ0n) is 11.2. The van der Waals surface area contributed by atoms with Gasteiger partial charge in [0.1, 0.15) is 10.8 Å². The molecule has 0 amide bonds. The summed E-state index contributed by atoms with van der Waals surface area (Å²) in [6, 6.07) is 4.54. The minimum Gasteiger partial charge on any atom is -0.396 e. The summed E-state index contributed by atoms with van der Waals surface area (Å²) in [7, 11) is 2.01. The van der Waals surface area contributed by atoms with Crippen LogP contribution in [0.5, 0.6) is 0 Å². The summed E-state index contributed by atoms with van der Waals surface area (Å²) in [6.45, 7) is 1.85. The highest BCUT2D eigenvalue weighted by molar-refractivity contribution is 7.80. The molecule has 0 saturated carbocycles. The van der Waals surface area contributed by atoms with Gasteiger partial charge >= 0.3 is 0 Å². The van der Waals surface area contributed by atoms with Gasteiger partial charge in [-0.05, 0) is 50.6 Å². The van der Waals surface area contributed by atoms with Crippen molar-refractivity contribution in [1.29, 1.82) is 0 Å². The molecule has 0 spiro atoms. The van der Waals surface area contributed by atoms with Gasteiger partial charge in [-0.2, -0.15) is 0 Å². The van der Waals surface area contributed by atoms with Crippen molar-refractivity contribution >= 4 is 17.2 Å². The fraction of sp³-hybridized carbons (Fsp3) is 0.500. The number of hydrogen-bond donors (Lipinski definition) is 2. The highest BCUT2D eigenvalue weighted by Crippen LogP contribution is 2.14. The van der Waals surface area contributed by atoms with Crippen LogP contribution in [-0.2, 0) is 6.54 Å². The largest absolute Gasteiger partial charge is 0.396 e. The summed E-state index contributed by atoms with van der Waals surface area (Å²) in [5.74, 6) is -0.322. The Morgan fingerprint density at radius 2 is 2.11 bits per heavy atom. The van der Waals surface area contributed by atoms with E-state index >= 15 is 0 Å². The van der Waals surface area contributed by atoms with E-state index in [2.05, 4.69) is 4.90 Å². The lowest BCUT2D eigenvalue weighted by molar-refractivity contribution is 0.271. The van der Waals surface area contributed by atoms with Gasteiger partial charge in [0.05, 0.1) is 0 Å². The standard InChI is InChI=1S/C14H21FN2OS/c1-17(7-3-2-4-8-18)10-11-5-6-12(15)9-13(11)14(16)19/h5-6,9,18H,2-4,7-8,10H2,1H3,(H2,16,19). The molecule has 0 unspecified atom stereocenters. The van der Waals surface area contributed by atoms with Crippen molar-refractivity contribution in [1.82, 2.24) is 4.90 Å². The molecule has 0 aliphatic rings. The van der Waals surface area contributed by atoms with Crippen LogP contribution in [-0.4, -0.2) is 35.2 Å². The third-order valence-electron chi connectivity index (χ3n) is 2.98. The van der Waals surface area contributed by atoms with Gasteiger partial charge in [-0.25, -0.2) is 4.39 Å². The van der Waals surface area contributed by atoms with Crippen molar-refractivity contribution in [3.05, 3.63) is 35.1 Å². The molecule has 1 aromatic carbocycles. The lowest BCUT2D eigenvalue weighted by Gasteiger charge is -2.18. The molecule has 0 aliphatic carbocycles. The van der Waals surface area contributed by atoms with Gasteiger partial charge in [0, 0.05) is 18.7 Å². The first kappa shape index (κ1) is 16.0. The summed E-state index contributed by atoms with van der Waals surface area (Å²) in [6.07, 6.45) is 2.87.